The van der Waals surface area contributed by atoms with E-state index in [-0.39, 0.29) is 0 Å². The number of fused-ring (bicyclic) bond motifs is 8. The van der Waals surface area contributed by atoms with Gasteiger partial charge in [-0.2, -0.15) is 0 Å². The zero-order valence-corrected chi connectivity index (χ0v) is 27.3. The van der Waals surface area contributed by atoms with Gasteiger partial charge in [0.2, 0.25) is 0 Å². The summed E-state index contributed by atoms with van der Waals surface area (Å²) in [6.07, 6.45) is 0.831. The smallest absolute Gasteiger partial charge is 0.180 e. The third-order valence-corrected chi connectivity index (χ3v) is 15.3. The highest BCUT2D eigenvalue weighted by atomic mass is 28.3. The van der Waals surface area contributed by atoms with E-state index in [2.05, 4.69) is 170 Å². The van der Waals surface area contributed by atoms with Crippen molar-refractivity contribution in [3.63, 3.8) is 0 Å². The number of aromatic nitrogens is 2. The normalized spacial score (nSPS) is 13.5. The van der Waals surface area contributed by atoms with E-state index in [1.807, 2.05) is 0 Å². The van der Waals surface area contributed by atoms with Gasteiger partial charge in [-0.05, 0) is 48.2 Å². The molecule has 8 aromatic rings. The lowest BCUT2D eigenvalue weighted by Crippen LogP contribution is -2.72. The second-order valence-electron chi connectivity index (χ2n) is 12.9. The molecule has 0 N–H and O–H groups in total. The van der Waals surface area contributed by atoms with Gasteiger partial charge in [0.25, 0.3) is 0 Å². The molecule has 0 bridgehead atoms. The van der Waals surface area contributed by atoms with Gasteiger partial charge in [-0.15, -0.1) is 0 Å². The minimum absolute atomic E-state index is 0.774. The second kappa shape index (κ2) is 10.6. The lowest BCUT2D eigenvalue weighted by Gasteiger charge is -2.31. The van der Waals surface area contributed by atoms with Crippen LogP contribution in [0.3, 0.4) is 0 Å². The van der Waals surface area contributed by atoms with Gasteiger partial charge in [-0.25, -0.2) is 9.97 Å². The molecule has 1 aliphatic heterocycles. The molecule has 0 radical (unpaired) electrons. The molecule has 1 aromatic heterocycles. The number of benzene rings is 7. The number of rotatable bonds is 4. The molecule has 48 heavy (non-hydrogen) atoms. The molecule has 1 aliphatic carbocycles. The summed E-state index contributed by atoms with van der Waals surface area (Å²) >= 11 is 0. The van der Waals surface area contributed by atoms with Crippen LogP contribution in [0, 0.1) is 0 Å². The van der Waals surface area contributed by atoms with E-state index in [4.69, 9.17) is 9.97 Å². The summed E-state index contributed by atoms with van der Waals surface area (Å²) in [6.45, 7) is 0. The van der Waals surface area contributed by atoms with Crippen molar-refractivity contribution in [1.82, 2.24) is 9.97 Å². The predicted octanol–water partition coefficient (Wildman–Crippen LogP) is 7.89. The van der Waals surface area contributed by atoms with Crippen LogP contribution in [0.2, 0.25) is 0 Å². The van der Waals surface area contributed by atoms with Gasteiger partial charge in [-0.1, -0.05) is 170 Å². The maximum Gasteiger partial charge on any atom is 0.180 e. The molecular weight excluding hydrogens is 597 g/mol. The van der Waals surface area contributed by atoms with E-state index < -0.39 is 8.07 Å². The highest BCUT2D eigenvalue weighted by molar-refractivity contribution is 7.22. The maximum atomic E-state index is 5.47. The Hall–Kier alpha value is -5.90. The Morgan fingerprint density at radius 3 is 1.85 bits per heavy atom. The number of hydrogen-bond acceptors (Lipinski definition) is 2. The average Bonchev–Trinajstić information content (AvgIpc) is 3.69. The van der Waals surface area contributed by atoms with Gasteiger partial charge >= 0.3 is 0 Å². The zero-order chi connectivity index (χ0) is 31.7. The van der Waals surface area contributed by atoms with Crippen molar-refractivity contribution >= 4 is 39.6 Å². The van der Waals surface area contributed by atoms with Crippen LogP contribution >= 0.6 is 0 Å². The first-order valence-electron chi connectivity index (χ1n) is 16.6. The van der Waals surface area contributed by atoms with Crippen LogP contribution in [-0.4, -0.2) is 18.0 Å². The first-order valence-corrected chi connectivity index (χ1v) is 18.6. The van der Waals surface area contributed by atoms with Gasteiger partial charge < -0.3 is 0 Å². The topological polar surface area (TPSA) is 25.8 Å². The van der Waals surface area contributed by atoms with Crippen molar-refractivity contribution in [2.45, 2.75) is 6.42 Å². The lowest BCUT2D eigenvalue weighted by molar-refractivity contribution is 1.13. The van der Waals surface area contributed by atoms with E-state index >= 15 is 0 Å². The number of hydrogen-bond donors (Lipinski definition) is 0. The van der Waals surface area contributed by atoms with Crippen LogP contribution in [0.4, 0.5) is 0 Å². The Kier molecular flexibility index (Phi) is 5.99. The molecule has 0 saturated heterocycles. The third kappa shape index (κ3) is 3.85. The molecule has 2 nitrogen and oxygen atoms in total. The molecule has 7 aromatic carbocycles. The molecule has 0 atom stereocenters. The average molecular weight is 627 g/mol. The first kappa shape index (κ1) is 27.2. The van der Waals surface area contributed by atoms with Crippen LogP contribution in [0.15, 0.2) is 170 Å². The Balaban J connectivity index is 1.26. The van der Waals surface area contributed by atoms with Gasteiger partial charge in [0.1, 0.15) is 0 Å². The fourth-order valence-electron chi connectivity index (χ4n) is 8.34. The van der Waals surface area contributed by atoms with Crippen LogP contribution < -0.4 is 20.7 Å². The molecule has 2 aliphatic rings. The van der Waals surface area contributed by atoms with Crippen molar-refractivity contribution in [2.75, 3.05) is 0 Å². The van der Waals surface area contributed by atoms with E-state index in [0.29, 0.717) is 0 Å². The quantitative estimate of drug-likeness (QED) is 0.186. The monoisotopic (exact) mass is 626 g/mol. The molecule has 10 rings (SSSR count). The Morgan fingerprint density at radius 1 is 0.458 bits per heavy atom. The summed E-state index contributed by atoms with van der Waals surface area (Å²) in [5.41, 5.74) is 10.7. The second-order valence-corrected chi connectivity index (χ2v) is 16.6. The fourth-order valence-corrected chi connectivity index (χ4v) is 13.6. The summed E-state index contributed by atoms with van der Waals surface area (Å²) < 4.78 is 0. The minimum atomic E-state index is -2.64. The van der Waals surface area contributed by atoms with Gasteiger partial charge in [0, 0.05) is 28.7 Å². The van der Waals surface area contributed by atoms with Gasteiger partial charge in [-0.3, -0.25) is 0 Å². The molecule has 224 valence electrons. The first-order chi connectivity index (χ1) is 23.8. The Labute approximate surface area is 281 Å². The standard InChI is InChI=1S/C45H30N2Si/c1-4-15-31(16-5-1)43-39-28-32-25-24-30-14-10-11-21-36(30)42(32)44(39)47-45(46-43)33-26-27-38-37-22-12-13-23-40(37)48(41(38)29-33,34-17-6-2-7-18-34)35-19-8-3-9-20-35/h1-27,29H,28H2. The van der Waals surface area contributed by atoms with Crippen molar-refractivity contribution in [3.05, 3.63) is 181 Å². The van der Waals surface area contributed by atoms with Crippen molar-refractivity contribution in [3.8, 4) is 45.0 Å². The Morgan fingerprint density at radius 2 is 1.08 bits per heavy atom. The van der Waals surface area contributed by atoms with Crippen LogP contribution in [0.5, 0.6) is 0 Å². The van der Waals surface area contributed by atoms with Gasteiger partial charge in [0.05, 0.1) is 11.4 Å². The van der Waals surface area contributed by atoms with Crippen molar-refractivity contribution in [1.29, 1.82) is 0 Å². The summed E-state index contributed by atoms with van der Waals surface area (Å²) in [5, 5.41) is 8.10. The van der Waals surface area contributed by atoms with Gasteiger partial charge in [0.15, 0.2) is 13.9 Å². The molecule has 3 heteroatoms. The zero-order valence-electron chi connectivity index (χ0n) is 26.3. The summed E-state index contributed by atoms with van der Waals surface area (Å²) in [5.74, 6) is 0.774. The number of nitrogens with zero attached hydrogens (tertiary/aromatic N) is 2. The van der Waals surface area contributed by atoms with E-state index in [1.165, 1.54) is 59.3 Å². The van der Waals surface area contributed by atoms with E-state index in [0.717, 1.165) is 34.8 Å². The molecule has 0 unspecified atom stereocenters. The van der Waals surface area contributed by atoms with Crippen LogP contribution in [0.25, 0.3) is 55.8 Å². The highest BCUT2D eigenvalue weighted by Crippen LogP contribution is 2.44. The molecule has 0 spiro atoms. The Bertz CT molecular complexity index is 2480. The molecule has 0 amide bonds. The van der Waals surface area contributed by atoms with Crippen LogP contribution in [-0.2, 0) is 6.42 Å². The lowest BCUT2D eigenvalue weighted by atomic mass is 10.00. The maximum absolute atomic E-state index is 5.47. The molecule has 0 saturated carbocycles. The SMILES string of the molecule is c1ccc(-c2nc(-c3ccc4c(c3)[Si](c3ccccc3)(c3ccccc3)c3ccccc3-4)nc3c2Cc2ccc4ccccc4c2-3)cc1. The molecule has 2 heterocycles. The summed E-state index contributed by atoms with van der Waals surface area (Å²) in [6, 6.07) is 62.2. The molecule has 0 fully saturated rings. The van der Waals surface area contributed by atoms with Crippen molar-refractivity contribution < 1.29 is 0 Å². The third-order valence-electron chi connectivity index (χ3n) is 10.4. The summed E-state index contributed by atoms with van der Waals surface area (Å²) in [7, 11) is -2.64. The van der Waals surface area contributed by atoms with Crippen molar-refractivity contribution in [2.24, 2.45) is 0 Å². The minimum Gasteiger partial charge on any atom is -0.228 e. The van der Waals surface area contributed by atoms with E-state index in [1.54, 1.807) is 0 Å². The van der Waals surface area contributed by atoms with E-state index in [9.17, 15) is 0 Å². The van der Waals surface area contributed by atoms with Crippen LogP contribution in [0.1, 0.15) is 11.1 Å². The fraction of sp³-hybridized carbons (Fsp3) is 0.0222. The highest BCUT2D eigenvalue weighted by Gasteiger charge is 2.48. The largest absolute Gasteiger partial charge is 0.228 e. The molecular formula is C45H30N2Si. The predicted molar refractivity (Wildman–Crippen MR) is 201 cm³/mol. The summed E-state index contributed by atoms with van der Waals surface area (Å²) in [4.78, 5) is 10.9.